The van der Waals surface area contributed by atoms with Crippen molar-refractivity contribution in [3.8, 4) is 0 Å². The van der Waals surface area contributed by atoms with Gasteiger partial charge in [-0.3, -0.25) is 14.4 Å². The molecule has 0 aliphatic rings. The van der Waals surface area contributed by atoms with E-state index >= 15 is 0 Å². The molecule has 5 N–H and O–H groups in total. The van der Waals surface area contributed by atoms with E-state index in [4.69, 9.17) is 53.3 Å². The minimum Gasteiger partial charge on any atom is -0.392 e. The summed E-state index contributed by atoms with van der Waals surface area (Å²) in [5.41, 5.74) is 9.83. The largest absolute Gasteiger partial charge is 0.392 e. The molecule has 20 nitrogen and oxygen atoms in total. The molecule has 0 spiro atoms. The Morgan fingerprint density at radius 2 is 1.17 bits per heavy atom. The molecular weight excluding hydrogens is 774 g/mol. The number of carbonyl (C=O) groups is 3. The zero-order chi connectivity index (χ0) is 43.2. The molecule has 0 saturated carbocycles. The van der Waals surface area contributed by atoms with Crippen molar-refractivity contribution in [1.82, 2.24) is 16.0 Å². The van der Waals surface area contributed by atoms with E-state index in [1.807, 2.05) is 20.8 Å². The highest BCUT2D eigenvalue weighted by Gasteiger charge is 2.20. The van der Waals surface area contributed by atoms with Crippen molar-refractivity contribution < 1.29 is 62.1 Å². The Hall–Kier alpha value is -3.50. The van der Waals surface area contributed by atoms with Crippen LogP contribution in [0, 0.1) is 5.92 Å². The monoisotopic (exact) mass is 843 g/mol. The van der Waals surface area contributed by atoms with Crippen molar-refractivity contribution in [2.45, 2.75) is 58.8 Å². The van der Waals surface area contributed by atoms with Gasteiger partial charge in [0.25, 0.3) is 0 Å². The van der Waals surface area contributed by atoms with E-state index in [1.54, 1.807) is 31.2 Å². The van der Waals surface area contributed by atoms with E-state index in [0.717, 1.165) is 12.0 Å². The molecule has 3 amide bonds. The first-order chi connectivity index (χ1) is 28.7. The first-order valence-corrected chi connectivity index (χ1v) is 20.2. The summed E-state index contributed by atoms with van der Waals surface area (Å²) >= 11 is 0. The number of anilines is 1. The van der Waals surface area contributed by atoms with Crippen LogP contribution in [0.25, 0.3) is 10.4 Å². The molecular formula is C39H69N7O13. The Morgan fingerprint density at radius 1 is 0.695 bits per heavy atom. The van der Waals surface area contributed by atoms with Gasteiger partial charge in [-0.1, -0.05) is 38.0 Å². The lowest BCUT2D eigenvalue weighted by Gasteiger charge is -2.24. The van der Waals surface area contributed by atoms with E-state index < -0.39 is 6.04 Å². The maximum Gasteiger partial charge on any atom is 0.246 e. The second kappa shape index (κ2) is 37.5. The molecule has 0 heterocycles. The highest BCUT2D eigenvalue weighted by Crippen LogP contribution is 2.10. The first kappa shape index (κ1) is 53.5. The summed E-state index contributed by atoms with van der Waals surface area (Å²) < 4.78 is 48.9. The predicted octanol–water partition coefficient (Wildman–Crippen LogP) is 1.59. The Balaban J connectivity index is 1.88. The molecule has 3 unspecified atom stereocenters. The van der Waals surface area contributed by atoms with Gasteiger partial charge >= 0.3 is 0 Å². The van der Waals surface area contributed by atoms with Crippen LogP contribution in [0.3, 0.4) is 0 Å². The van der Waals surface area contributed by atoms with Gasteiger partial charge in [0.1, 0.15) is 13.2 Å². The van der Waals surface area contributed by atoms with Crippen molar-refractivity contribution in [3.05, 3.63) is 40.3 Å². The van der Waals surface area contributed by atoms with E-state index in [2.05, 4.69) is 31.3 Å². The number of carbonyl (C=O) groups excluding carboxylic acids is 3. The van der Waals surface area contributed by atoms with Crippen LogP contribution in [0.5, 0.6) is 0 Å². The molecule has 0 radical (unpaired) electrons. The number of ether oxygens (including phenoxy) is 9. The molecule has 0 bridgehead atoms. The minimum atomic E-state index is -0.523. The highest BCUT2D eigenvalue weighted by molar-refractivity contribution is 5.94. The van der Waals surface area contributed by atoms with Gasteiger partial charge in [-0.2, -0.15) is 0 Å². The molecule has 0 aliphatic heterocycles. The van der Waals surface area contributed by atoms with Crippen LogP contribution < -0.4 is 21.3 Å². The third-order valence-electron chi connectivity index (χ3n) is 8.23. The van der Waals surface area contributed by atoms with Gasteiger partial charge in [0.05, 0.1) is 124 Å². The van der Waals surface area contributed by atoms with Crippen molar-refractivity contribution in [1.29, 1.82) is 0 Å². The van der Waals surface area contributed by atoms with Gasteiger partial charge in [0.2, 0.25) is 17.7 Å². The summed E-state index contributed by atoms with van der Waals surface area (Å²) in [6.07, 6.45) is 0.733. The summed E-state index contributed by atoms with van der Waals surface area (Å²) in [5.74, 6) is -0.890. The standard InChI is InChI=1S/C39H69N7O13/c1-5-34(45-46-40)28-58-25-24-57-23-22-56-21-20-55-19-18-54-17-16-53-15-14-52-13-12-51-11-10-41-37(48)29-59-30-38(49)44-36(31(2)3)26-42-32(4)39(50)43-35-8-6-33(27-47)7-9-35/h6-9,31-32,34,36,42,47H,5,10-30H2,1-4H3,(H,41,48)(H,43,50)(H,44,49). The van der Waals surface area contributed by atoms with Crippen LogP contribution >= 0.6 is 0 Å². The fourth-order valence-electron chi connectivity index (χ4n) is 4.66. The average Bonchev–Trinajstić information content (AvgIpc) is 3.23. The molecule has 0 aromatic heterocycles. The number of hydrogen-bond acceptors (Lipinski definition) is 15. The topological polar surface area (TPSA) is 251 Å². The second-order valence-corrected chi connectivity index (χ2v) is 13.4. The second-order valence-electron chi connectivity index (χ2n) is 13.4. The number of aliphatic hydroxyl groups excluding tert-OH is 1. The third kappa shape index (κ3) is 31.1. The quantitative estimate of drug-likeness (QED) is 0.0273. The van der Waals surface area contributed by atoms with Crippen LogP contribution in [-0.2, 0) is 63.6 Å². The van der Waals surface area contributed by atoms with E-state index in [1.165, 1.54) is 0 Å². The van der Waals surface area contributed by atoms with Gasteiger partial charge < -0.3 is 69.0 Å². The summed E-state index contributed by atoms with van der Waals surface area (Å²) in [7, 11) is 0. The van der Waals surface area contributed by atoms with Crippen LogP contribution in [0.4, 0.5) is 5.69 Å². The van der Waals surface area contributed by atoms with Crippen molar-refractivity contribution >= 4 is 23.4 Å². The lowest BCUT2D eigenvalue weighted by atomic mass is 10.0. The van der Waals surface area contributed by atoms with Gasteiger partial charge in [-0.15, -0.1) is 0 Å². The number of nitrogens with one attached hydrogen (secondary N) is 4. The molecule has 0 aliphatic carbocycles. The Labute approximate surface area is 348 Å². The number of hydrogen-bond donors (Lipinski definition) is 5. The Morgan fingerprint density at radius 3 is 1.63 bits per heavy atom. The Kier molecular flexibility index (Phi) is 34.0. The SMILES string of the molecule is CCC(COCCOCCOCCOCCOCCOCCOCCOCCNC(=O)COCC(=O)NC(CNC(C)C(=O)Nc1ccc(CO)cc1)C(C)C)N=[N+]=[N-]. The van der Waals surface area contributed by atoms with E-state index in [9.17, 15) is 14.4 Å². The molecule has 338 valence electrons. The molecule has 1 aromatic rings. The summed E-state index contributed by atoms with van der Waals surface area (Å²) in [4.78, 5) is 39.9. The lowest BCUT2D eigenvalue weighted by Crippen LogP contribution is -2.50. The van der Waals surface area contributed by atoms with Crippen LogP contribution in [-0.4, -0.2) is 173 Å². The van der Waals surface area contributed by atoms with Crippen LogP contribution in [0.15, 0.2) is 29.4 Å². The highest BCUT2D eigenvalue weighted by atomic mass is 16.6. The smallest absolute Gasteiger partial charge is 0.246 e. The van der Waals surface area contributed by atoms with Gasteiger partial charge in [0.15, 0.2) is 0 Å². The molecule has 1 rings (SSSR count). The van der Waals surface area contributed by atoms with Crippen LogP contribution in [0.1, 0.15) is 39.7 Å². The zero-order valence-corrected chi connectivity index (χ0v) is 35.4. The number of benzene rings is 1. The maximum absolute atomic E-state index is 12.6. The average molecular weight is 844 g/mol. The molecule has 20 heteroatoms. The molecule has 0 fully saturated rings. The summed E-state index contributed by atoms with van der Waals surface area (Å²) in [6, 6.07) is 5.98. The number of rotatable bonds is 40. The fourth-order valence-corrected chi connectivity index (χ4v) is 4.66. The number of nitrogens with zero attached hydrogens (tertiary/aromatic N) is 3. The minimum absolute atomic E-state index is 0.0713. The number of azide groups is 1. The fraction of sp³-hybridized carbons (Fsp3) is 0.769. The predicted molar refractivity (Wildman–Crippen MR) is 219 cm³/mol. The van der Waals surface area contributed by atoms with E-state index in [0.29, 0.717) is 118 Å². The molecule has 0 saturated heterocycles. The molecule has 3 atom stereocenters. The van der Waals surface area contributed by atoms with Crippen molar-refractivity contribution in [3.63, 3.8) is 0 Å². The lowest BCUT2D eigenvalue weighted by molar-refractivity contribution is -0.131. The molecule has 1 aromatic carbocycles. The summed E-state index contributed by atoms with van der Waals surface area (Å²) in [5, 5.41) is 24.3. The molecule has 59 heavy (non-hydrogen) atoms. The Bertz CT molecular complexity index is 1260. The first-order valence-electron chi connectivity index (χ1n) is 20.2. The van der Waals surface area contributed by atoms with Gasteiger partial charge in [-0.05, 0) is 42.5 Å². The van der Waals surface area contributed by atoms with Gasteiger partial charge in [-0.25, -0.2) is 0 Å². The zero-order valence-electron chi connectivity index (χ0n) is 35.4. The third-order valence-corrected chi connectivity index (χ3v) is 8.23. The maximum atomic E-state index is 12.6. The summed E-state index contributed by atoms with van der Waals surface area (Å²) in [6.45, 7) is 14.4. The number of amides is 3. The van der Waals surface area contributed by atoms with E-state index in [-0.39, 0.29) is 62.1 Å². The van der Waals surface area contributed by atoms with Gasteiger partial charge in [0, 0.05) is 29.7 Å². The van der Waals surface area contributed by atoms with Crippen LogP contribution in [0.2, 0.25) is 0 Å². The van der Waals surface area contributed by atoms with Crippen molar-refractivity contribution in [2.75, 3.05) is 137 Å². The van der Waals surface area contributed by atoms with Crippen molar-refractivity contribution in [2.24, 2.45) is 11.0 Å². The number of aliphatic hydroxyl groups is 1. The normalized spacial score (nSPS) is 12.8.